The number of carbonyl (C=O) groups is 1. The average Bonchev–Trinajstić information content (AvgIpc) is 3.71. The SMILES string of the molecule is CC[C@H]1O[C@@H](n2ncc3c(N(C(=O)OC(C)(C)C)C4CCCC4)nc(COC4CCCCO4)nc32)[C@@H]2OC(C)(C)O[C@@H]21. The number of rotatable bonds is 7. The molecule has 5 atom stereocenters. The van der Waals surface area contributed by atoms with Gasteiger partial charge in [0.1, 0.15) is 24.4 Å². The molecule has 0 radical (unpaired) electrons. The topological polar surface area (TPSA) is 119 Å². The lowest BCUT2D eigenvalue weighted by molar-refractivity contribution is -0.197. The maximum absolute atomic E-state index is 13.8. The first-order valence-corrected chi connectivity index (χ1v) is 15.5. The van der Waals surface area contributed by atoms with E-state index in [0.29, 0.717) is 29.3 Å². The van der Waals surface area contributed by atoms with Crippen LogP contribution in [0.15, 0.2) is 6.20 Å². The van der Waals surface area contributed by atoms with Crippen molar-refractivity contribution in [2.75, 3.05) is 11.5 Å². The maximum Gasteiger partial charge on any atom is 0.416 e. The first kappa shape index (κ1) is 29.7. The predicted molar refractivity (Wildman–Crippen MR) is 153 cm³/mol. The summed E-state index contributed by atoms with van der Waals surface area (Å²) in [4.78, 5) is 25.3. The van der Waals surface area contributed by atoms with E-state index in [9.17, 15) is 4.79 Å². The van der Waals surface area contributed by atoms with Crippen LogP contribution in [0.3, 0.4) is 0 Å². The second-order valence-electron chi connectivity index (χ2n) is 13.2. The van der Waals surface area contributed by atoms with Gasteiger partial charge in [0.15, 0.2) is 35.6 Å². The lowest BCUT2D eigenvalue weighted by atomic mass is 10.1. The van der Waals surface area contributed by atoms with Gasteiger partial charge in [0.05, 0.1) is 17.7 Å². The molecule has 6 rings (SSSR count). The third-order valence-corrected chi connectivity index (χ3v) is 8.29. The predicted octanol–water partition coefficient (Wildman–Crippen LogP) is 5.38. The van der Waals surface area contributed by atoms with Crippen LogP contribution in [0.4, 0.5) is 10.6 Å². The molecule has 5 heterocycles. The molecular formula is C30H45N5O7. The molecule has 0 bridgehead atoms. The lowest BCUT2D eigenvalue weighted by Gasteiger charge is -2.31. The molecule has 1 amide bonds. The lowest BCUT2D eigenvalue weighted by Crippen LogP contribution is -2.43. The summed E-state index contributed by atoms with van der Waals surface area (Å²) in [6.45, 7) is 12.3. The molecule has 0 N–H and O–H groups in total. The summed E-state index contributed by atoms with van der Waals surface area (Å²) < 4.78 is 38.6. The molecule has 3 aliphatic heterocycles. The van der Waals surface area contributed by atoms with E-state index in [4.69, 9.17) is 43.5 Å². The summed E-state index contributed by atoms with van der Waals surface area (Å²) in [6, 6.07) is -0.0410. The first-order valence-electron chi connectivity index (χ1n) is 15.5. The Balaban J connectivity index is 1.42. The van der Waals surface area contributed by atoms with Crippen molar-refractivity contribution in [2.45, 2.75) is 148 Å². The van der Waals surface area contributed by atoms with E-state index < -0.39 is 23.7 Å². The minimum atomic E-state index is -0.733. The highest BCUT2D eigenvalue weighted by molar-refractivity contribution is 5.97. The monoisotopic (exact) mass is 587 g/mol. The highest BCUT2D eigenvalue weighted by Gasteiger charge is 2.56. The Kier molecular flexibility index (Phi) is 8.20. The van der Waals surface area contributed by atoms with Crippen LogP contribution >= 0.6 is 0 Å². The molecule has 0 aromatic carbocycles. The minimum Gasteiger partial charge on any atom is -0.443 e. The van der Waals surface area contributed by atoms with Crippen molar-refractivity contribution in [1.82, 2.24) is 19.7 Å². The van der Waals surface area contributed by atoms with Crippen molar-refractivity contribution in [1.29, 1.82) is 0 Å². The molecule has 0 spiro atoms. The molecule has 4 fully saturated rings. The van der Waals surface area contributed by atoms with Gasteiger partial charge in [-0.25, -0.2) is 19.4 Å². The van der Waals surface area contributed by atoms with Crippen molar-refractivity contribution >= 4 is 22.9 Å². The van der Waals surface area contributed by atoms with Crippen molar-refractivity contribution in [3.8, 4) is 0 Å². The van der Waals surface area contributed by atoms with Crippen LogP contribution in [0.1, 0.15) is 105 Å². The molecule has 1 saturated carbocycles. The average molecular weight is 588 g/mol. The van der Waals surface area contributed by atoms with Crippen LogP contribution in [0.25, 0.3) is 11.0 Å². The fraction of sp³-hybridized carbons (Fsp3) is 0.800. The zero-order chi connectivity index (χ0) is 29.6. The van der Waals surface area contributed by atoms with Crippen LogP contribution < -0.4 is 4.90 Å². The third kappa shape index (κ3) is 6.01. The molecule has 42 heavy (non-hydrogen) atoms. The number of carbonyl (C=O) groups excluding carboxylic acids is 1. The number of hydrogen-bond acceptors (Lipinski definition) is 10. The Hall–Kier alpha value is -2.38. The van der Waals surface area contributed by atoms with Gasteiger partial charge in [-0.3, -0.25) is 4.90 Å². The van der Waals surface area contributed by atoms with Crippen LogP contribution in [0.5, 0.6) is 0 Å². The first-order chi connectivity index (χ1) is 20.0. The number of amides is 1. The molecule has 12 heteroatoms. The number of aromatic nitrogens is 4. The normalized spacial score (nSPS) is 29.7. The van der Waals surface area contributed by atoms with Gasteiger partial charge in [0.25, 0.3) is 0 Å². The van der Waals surface area contributed by atoms with E-state index in [-0.39, 0.29) is 37.3 Å². The van der Waals surface area contributed by atoms with E-state index in [1.54, 1.807) is 15.8 Å². The van der Waals surface area contributed by atoms with Gasteiger partial charge in [-0.1, -0.05) is 19.8 Å². The van der Waals surface area contributed by atoms with Gasteiger partial charge in [0.2, 0.25) is 0 Å². The van der Waals surface area contributed by atoms with Gasteiger partial charge in [-0.2, -0.15) is 5.10 Å². The van der Waals surface area contributed by atoms with Crippen LogP contribution in [0.2, 0.25) is 0 Å². The number of nitrogens with zero attached hydrogens (tertiary/aromatic N) is 5. The van der Waals surface area contributed by atoms with Crippen LogP contribution in [0, 0.1) is 0 Å². The molecule has 4 aliphatic rings. The Morgan fingerprint density at radius 2 is 1.83 bits per heavy atom. The smallest absolute Gasteiger partial charge is 0.416 e. The highest BCUT2D eigenvalue weighted by Crippen LogP contribution is 2.45. The second kappa shape index (κ2) is 11.6. The summed E-state index contributed by atoms with van der Waals surface area (Å²) in [6.07, 6.45) is 7.18. The van der Waals surface area contributed by atoms with Crippen molar-refractivity contribution in [3.05, 3.63) is 12.0 Å². The van der Waals surface area contributed by atoms with Crippen LogP contribution in [-0.2, 0) is 35.0 Å². The van der Waals surface area contributed by atoms with Crippen molar-refractivity contribution in [2.24, 2.45) is 0 Å². The summed E-state index contributed by atoms with van der Waals surface area (Å²) in [5.41, 5.74) is -0.119. The van der Waals surface area contributed by atoms with Gasteiger partial charge in [-0.15, -0.1) is 0 Å². The van der Waals surface area contributed by atoms with E-state index in [1.807, 2.05) is 34.6 Å². The number of hydrogen-bond donors (Lipinski definition) is 0. The van der Waals surface area contributed by atoms with E-state index in [0.717, 1.165) is 51.4 Å². The Labute approximate surface area is 247 Å². The fourth-order valence-electron chi connectivity index (χ4n) is 6.47. The van der Waals surface area contributed by atoms with Gasteiger partial charge < -0.3 is 28.4 Å². The van der Waals surface area contributed by atoms with Crippen LogP contribution in [-0.4, -0.2) is 74.5 Å². The molecule has 1 aliphatic carbocycles. The largest absolute Gasteiger partial charge is 0.443 e. The molecule has 2 aromatic rings. The van der Waals surface area contributed by atoms with Gasteiger partial charge >= 0.3 is 6.09 Å². The van der Waals surface area contributed by atoms with E-state index >= 15 is 0 Å². The Bertz CT molecular complexity index is 1260. The standard InChI is InChI=1S/C30H45N5O7/c1-7-20-23-24(41-30(5,6)40-23)27(39-20)35-26-19(16-31-35)25(32-21(33-26)17-38-22-14-10-11-15-37-22)34(18-12-8-9-13-18)28(36)42-29(2,3)4/h16,18,20,22-24,27H,7-15,17H2,1-6H3/t20-,22?,23-,24-,27-/m1/s1. The molecule has 232 valence electrons. The highest BCUT2D eigenvalue weighted by atomic mass is 16.8. The molecule has 12 nitrogen and oxygen atoms in total. The Morgan fingerprint density at radius 1 is 1.10 bits per heavy atom. The summed E-state index contributed by atoms with van der Waals surface area (Å²) in [5.74, 6) is 0.176. The fourth-order valence-corrected chi connectivity index (χ4v) is 6.47. The van der Waals surface area contributed by atoms with Gasteiger partial charge in [0, 0.05) is 12.6 Å². The van der Waals surface area contributed by atoms with Gasteiger partial charge in [-0.05, 0) is 73.1 Å². The number of fused-ring (bicyclic) bond motifs is 2. The zero-order valence-corrected chi connectivity index (χ0v) is 25.7. The van der Waals surface area contributed by atoms with Crippen molar-refractivity contribution in [3.63, 3.8) is 0 Å². The molecular weight excluding hydrogens is 542 g/mol. The van der Waals surface area contributed by atoms with E-state index in [1.165, 1.54) is 0 Å². The van der Waals surface area contributed by atoms with E-state index in [2.05, 4.69) is 6.92 Å². The maximum atomic E-state index is 13.8. The summed E-state index contributed by atoms with van der Waals surface area (Å²) >= 11 is 0. The number of ether oxygens (including phenoxy) is 6. The second-order valence-corrected chi connectivity index (χ2v) is 13.2. The minimum absolute atomic E-state index is 0.0410. The summed E-state index contributed by atoms with van der Waals surface area (Å²) in [7, 11) is 0. The quantitative estimate of drug-likeness (QED) is 0.418. The molecule has 1 unspecified atom stereocenters. The summed E-state index contributed by atoms with van der Waals surface area (Å²) in [5, 5.41) is 5.40. The Morgan fingerprint density at radius 3 is 2.52 bits per heavy atom. The third-order valence-electron chi connectivity index (χ3n) is 8.29. The molecule has 3 saturated heterocycles. The molecule has 2 aromatic heterocycles. The van der Waals surface area contributed by atoms with Crippen molar-refractivity contribution < 1.29 is 33.2 Å². The zero-order valence-electron chi connectivity index (χ0n) is 25.7. The number of anilines is 1.